The van der Waals surface area contributed by atoms with E-state index in [4.69, 9.17) is 19.2 Å². The van der Waals surface area contributed by atoms with Crippen LogP contribution in [0.1, 0.15) is 45.1 Å². The van der Waals surface area contributed by atoms with Gasteiger partial charge in [-0.15, -0.1) is 5.10 Å². The number of methoxy groups -OCH3 is 3. The number of aromatic nitrogens is 4. The van der Waals surface area contributed by atoms with Crippen LogP contribution in [-0.2, 0) is 12.2 Å². The van der Waals surface area contributed by atoms with E-state index in [2.05, 4.69) is 35.2 Å². The van der Waals surface area contributed by atoms with Crippen LogP contribution in [0.2, 0.25) is 0 Å². The van der Waals surface area contributed by atoms with E-state index in [1.807, 2.05) is 18.2 Å². The normalized spacial score (nSPS) is 15.2. The van der Waals surface area contributed by atoms with Crippen molar-refractivity contribution in [1.29, 1.82) is 0 Å². The Morgan fingerprint density at radius 1 is 1.03 bits per heavy atom. The maximum absolute atomic E-state index is 13.1. The van der Waals surface area contributed by atoms with Crippen LogP contribution >= 0.6 is 11.8 Å². The zero-order chi connectivity index (χ0) is 24.5. The van der Waals surface area contributed by atoms with Crippen molar-refractivity contribution in [3.8, 4) is 17.2 Å². The van der Waals surface area contributed by atoms with E-state index in [1.165, 1.54) is 11.1 Å². The summed E-state index contributed by atoms with van der Waals surface area (Å²) in [6.45, 7) is 2.08. The van der Waals surface area contributed by atoms with E-state index in [9.17, 15) is 4.79 Å². The maximum Gasteiger partial charge on any atom is 0.253 e. The third-order valence-corrected chi connectivity index (χ3v) is 7.08. The van der Waals surface area contributed by atoms with Gasteiger partial charge in [0.05, 0.1) is 32.6 Å². The molecule has 0 saturated carbocycles. The molecule has 2 aromatic carbocycles. The molecule has 8 nitrogen and oxygen atoms in total. The summed E-state index contributed by atoms with van der Waals surface area (Å²) in [7, 11) is 4.74. The van der Waals surface area contributed by atoms with E-state index in [0.717, 1.165) is 17.0 Å². The lowest BCUT2D eigenvalue weighted by Gasteiger charge is -2.24. The monoisotopic (exact) mass is 490 g/mol. The van der Waals surface area contributed by atoms with E-state index in [0.29, 0.717) is 46.6 Å². The van der Waals surface area contributed by atoms with Gasteiger partial charge in [-0.2, -0.15) is 4.98 Å². The van der Waals surface area contributed by atoms with Gasteiger partial charge in [0.15, 0.2) is 17.3 Å². The molecule has 180 valence electrons. The average molecular weight is 491 g/mol. The number of Topliss-reactive ketones (excluding diaryl/α,β-unsaturated/α-hetero) is 1. The Kier molecular flexibility index (Phi) is 6.34. The highest BCUT2D eigenvalue weighted by molar-refractivity contribution is 7.98. The van der Waals surface area contributed by atoms with E-state index < -0.39 is 0 Å². The van der Waals surface area contributed by atoms with Crippen molar-refractivity contribution in [2.75, 3.05) is 21.3 Å². The van der Waals surface area contributed by atoms with Crippen molar-refractivity contribution < 1.29 is 19.0 Å². The Labute approximate surface area is 207 Å². The zero-order valence-electron chi connectivity index (χ0n) is 20.1. The molecule has 0 unspecified atom stereocenters. The van der Waals surface area contributed by atoms with Crippen molar-refractivity contribution in [2.45, 2.75) is 36.6 Å². The number of hydrogen-bond donors (Lipinski definition) is 0. The predicted molar refractivity (Wildman–Crippen MR) is 133 cm³/mol. The molecule has 0 fully saturated rings. The molecule has 35 heavy (non-hydrogen) atoms. The molecule has 0 radical (unpaired) electrons. The van der Waals surface area contributed by atoms with E-state index in [-0.39, 0.29) is 11.7 Å². The van der Waals surface area contributed by atoms with Gasteiger partial charge in [0.25, 0.3) is 5.78 Å². The minimum atomic E-state index is -0.0586. The number of carbonyl (C=O) groups excluding carboxylic acids is 1. The number of fused-ring (bicyclic) bond motifs is 2. The summed E-state index contributed by atoms with van der Waals surface area (Å²) in [5, 5.41) is 5.18. The predicted octanol–water partition coefficient (Wildman–Crippen LogP) is 4.66. The average Bonchev–Trinajstić information content (AvgIpc) is 3.27. The van der Waals surface area contributed by atoms with Crippen LogP contribution in [0, 0.1) is 6.92 Å². The molecule has 0 saturated heterocycles. The molecule has 0 bridgehead atoms. The van der Waals surface area contributed by atoms with Crippen LogP contribution in [0.5, 0.6) is 17.2 Å². The lowest BCUT2D eigenvalue weighted by Crippen LogP contribution is -2.21. The van der Waals surface area contributed by atoms with Crippen LogP contribution in [0.15, 0.2) is 47.8 Å². The van der Waals surface area contributed by atoms with Crippen molar-refractivity contribution >= 4 is 23.3 Å². The van der Waals surface area contributed by atoms with Gasteiger partial charge in [-0.1, -0.05) is 41.6 Å². The van der Waals surface area contributed by atoms with Crippen molar-refractivity contribution in [3.05, 3.63) is 70.5 Å². The lowest BCUT2D eigenvalue weighted by molar-refractivity contribution is 0.0962. The van der Waals surface area contributed by atoms with Gasteiger partial charge in [-0.25, -0.2) is 9.50 Å². The van der Waals surface area contributed by atoms with E-state index in [1.54, 1.807) is 43.8 Å². The summed E-state index contributed by atoms with van der Waals surface area (Å²) in [6.07, 6.45) is 2.73. The molecule has 9 heteroatoms. The van der Waals surface area contributed by atoms with Crippen LogP contribution in [0.3, 0.4) is 0 Å². The van der Waals surface area contributed by atoms with Gasteiger partial charge < -0.3 is 14.2 Å². The fraction of sp³-hybridized carbons (Fsp3) is 0.308. The molecule has 5 rings (SSSR count). The Balaban J connectivity index is 1.42. The first-order valence-electron chi connectivity index (χ1n) is 11.3. The molecule has 0 spiro atoms. The lowest BCUT2D eigenvalue weighted by atomic mass is 9.82. The SMILES string of the molecule is COc1cc([C@H]2CC(=O)c3cn4nc(SCc5cccc(C)c5)nc4nc3C2)cc(OC)c1OC. The number of carbonyl (C=O) groups is 1. The topological polar surface area (TPSA) is 87.8 Å². The van der Waals surface area contributed by atoms with E-state index >= 15 is 0 Å². The zero-order valence-corrected chi connectivity index (χ0v) is 20.9. The maximum atomic E-state index is 13.1. The van der Waals surface area contributed by atoms with Crippen LogP contribution in [-0.4, -0.2) is 46.7 Å². The molecule has 2 aromatic heterocycles. The van der Waals surface area contributed by atoms with Crippen LogP contribution < -0.4 is 14.2 Å². The minimum absolute atomic E-state index is 0.0314. The molecule has 0 aliphatic heterocycles. The van der Waals surface area contributed by atoms with Gasteiger partial charge in [-0.05, 0) is 42.5 Å². The number of thioether (sulfide) groups is 1. The first-order valence-corrected chi connectivity index (χ1v) is 12.3. The molecule has 1 atom stereocenters. The van der Waals surface area contributed by atoms with Crippen LogP contribution in [0.4, 0.5) is 0 Å². The second kappa shape index (κ2) is 9.58. The largest absolute Gasteiger partial charge is 0.493 e. The number of nitrogens with zero attached hydrogens (tertiary/aromatic N) is 4. The molecule has 0 amide bonds. The highest BCUT2D eigenvalue weighted by atomic mass is 32.2. The Morgan fingerprint density at radius 2 is 1.80 bits per heavy atom. The van der Waals surface area contributed by atoms with Gasteiger partial charge in [0.2, 0.25) is 10.9 Å². The van der Waals surface area contributed by atoms with Crippen molar-refractivity contribution in [1.82, 2.24) is 19.6 Å². The fourth-order valence-electron chi connectivity index (χ4n) is 4.45. The minimum Gasteiger partial charge on any atom is -0.493 e. The second-order valence-electron chi connectivity index (χ2n) is 8.50. The molecular formula is C26H26N4O4S. The second-order valence-corrected chi connectivity index (χ2v) is 9.45. The first-order chi connectivity index (χ1) is 17.0. The van der Waals surface area contributed by atoms with Gasteiger partial charge in [-0.3, -0.25) is 4.79 Å². The Morgan fingerprint density at radius 3 is 2.49 bits per heavy atom. The number of ether oxygens (including phenoxy) is 3. The Hall–Kier alpha value is -3.59. The van der Waals surface area contributed by atoms with Gasteiger partial charge in [0, 0.05) is 18.4 Å². The smallest absolute Gasteiger partial charge is 0.253 e. The summed E-state index contributed by atoms with van der Waals surface area (Å²) >= 11 is 1.55. The summed E-state index contributed by atoms with van der Waals surface area (Å²) in [6, 6.07) is 12.2. The standard InChI is InChI=1S/C26H26N4O4S/c1-15-6-5-7-16(8-15)14-35-26-28-25-27-20-9-17(10-21(31)19(20)13-30(25)29-26)18-11-22(32-2)24(34-4)23(12-18)33-3/h5-8,11-13,17H,9-10,14H2,1-4H3/t17-/m1/s1. The Bertz CT molecular complexity index is 1390. The number of rotatable bonds is 7. The van der Waals surface area contributed by atoms with Crippen molar-refractivity contribution in [3.63, 3.8) is 0 Å². The number of ketones is 1. The number of benzene rings is 2. The molecular weight excluding hydrogens is 464 g/mol. The van der Waals surface area contributed by atoms with Crippen molar-refractivity contribution in [2.24, 2.45) is 0 Å². The summed E-state index contributed by atoms with van der Waals surface area (Å²) in [5.74, 6) is 2.89. The summed E-state index contributed by atoms with van der Waals surface area (Å²) < 4.78 is 18.0. The highest BCUT2D eigenvalue weighted by Crippen LogP contribution is 2.42. The van der Waals surface area contributed by atoms with Crippen LogP contribution in [0.25, 0.3) is 5.78 Å². The quantitative estimate of drug-likeness (QED) is 0.346. The molecule has 2 heterocycles. The molecule has 0 N–H and O–H groups in total. The van der Waals surface area contributed by atoms with Gasteiger partial charge >= 0.3 is 0 Å². The summed E-state index contributed by atoms with van der Waals surface area (Å²) in [4.78, 5) is 22.4. The molecule has 1 aliphatic rings. The summed E-state index contributed by atoms with van der Waals surface area (Å²) in [5.41, 5.74) is 4.71. The number of hydrogen-bond acceptors (Lipinski definition) is 8. The molecule has 4 aromatic rings. The first kappa shape index (κ1) is 23.2. The third kappa shape index (κ3) is 4.55. The highest BCUT2D eigenvalue weighted by Gasteiger charge is 2.30. The molecule has 1 aliphatic carbocycles. The third-order valence-electron chi connectivity index (χ3n) is 6.17. The van der Waals surface area contributed by atoms with Gasteiger partial charge in [0.1, 0.15) is 0 Å². The fourth-order valence-corrected chi connectivity index (χ4v) is 5.22. The number of aryl methyl sites for hydroxylation is 1.